The molecular weight excluding hydrogens is 297 g/mol. The Kier molecular flexibility index (Phi) is 7.28. The van der Waals surface area contributed by atoms with Gasteiger partial charge in [-0.3, -0.25) is 0 Å². The molecule has 0 aliphatic rings. The molecule has 1 nitrogen and oxygen atoms in total. The van der Waals surface area contributed by atoms with E-state index in [0.717, 1.165) is 27.9 Å². The Morgan fingerprint density at radius 2 is 2.20 bits per heavy atom. The zero-order valence-corrected chi connectivity index (χ0v) is 11.4. The van der Waals surface area contributed by atoms with Crippen LogP contribution in [0.5, 0.6) is 0 Å². The number of halogens is 3. The highest BCUT2D eigenvalue weighted by Gasteiger charge is 2.09. The highest BCUT2D eigenvalue weighted by atomic mass is 79.9. The van der Waals surface area contributed by atoms with Gasteiger partial charge in [-0.2, -0.15) is 0 Å². The fraction of sp³-hybridized carbons (Fsp3) is 0.273. The van der Waals surface area contributed by atoms with Crippen LogP contribution in [0.3, 0.4) is 0 Å². The van der Waals surface area contributed by atoms with Crippen molar-refractivity contribution in [1.82, 2.24) is 0 Å². The molecule has 0 radical (unpaired) electrons. The third-order valence-corrected chi connectivity index (χ3v) is 2.86. The normalized spacial score (nSPS) is 11.7. The predicted molar refractivity (Wildman–Crippen MR) is 72.8 cm³/mol. The molecule has 1 atom stereocenters. The summed E-state index contributed by atoms with van der Waals surface area (Å²) in [5, 5.41) is 0.718. The Morgan fingerprint density at radius 3 is 2.73 bits per heavy atom. The molecule has 2 N–H and O–H groups in total. The monoisotopic (exact) mass is 309 g/mol. The number of hydrogen-bond acceptors (Lipinski definition) is 1. The van der Waals surface area contributed by atoms with Gasteiger partial charge in [-0.1, -0.05) is 39.7 Å². The summed E-state index contributed by atoms with van der Waals surface area (Å²) in [5.74, 6) is 0. The maximum atomic E-state index is 6.07. The fourth-order valence-corrected chi connectivity index (χ4v) is 2.07. The molecule has 0 unspecified atom stereocenters. The van der Waals surface area contributed by atoms with Crippen molar-refractivity contribution in [3.05, 3.63) is 45.9 Å². The van der Waals surface area contributed by atoms with Crippen molar-refractivity contribution >= 4 is 39.9 Å². The number of nitrogens with two attached hydrogens (primary N) is 1. The number of benzene rings is 1. The van der Waals surface area contributed by atoms with Gasteiger partial charge in [0.1, 0.15) is 0 Å². The van der Waals surface area contributed by atoms with Gasteiger partial charge in [-0.05, 0) is 30.5 Å². The van der Waals surface area contributed by atoms with E-state index in [2.05, 4.69) is 22.5 Å². The number of rotatable bonds is 4. The molecular formula is C11H14BrCl2N. The second-order valence-corrected chi connectivity index (χ2v) is 4.46. The van der Waals surface area contributed by atoms with E-state index >= 15 is 0 Å². The van der Waals surface area contributed by atoms with Crippen LogP contribution in [0.15, 0.2) is 35.3 Å². The van der Waals surface area contributed by atoms with Crippen molar-refractivity contribution in [2.24, 2.45) is 5.73 Å². The third kappa shape index (κ3) is 4.56. The van der Waals surface area contributed by atoms with Crippen molar-refractivity contribution in [3.8, 4) is 0 Å². The first-order valence-electron chi connectivity index (χ1n) is 4.46. The second kappa shape index (κ2) is 7.29. The van der Waals surface area contributed by atoms with Gasteiger partial charge in [-0.25, -0.2) is 0 Å². The third-order valence-electron chi connectivity index (χ3n) is 2.04. The second-order valence-electron chi connectivity index (χ2n) is 3.14. The highest BCUT2D eigenvalue weighted by Crippen LogP contribution is 2.27. The lowest BCUT2D eigenvalue weighted by atomic mass is 10.0. The first-order chi connectivity index (χ1) is 6.65. The summed E-state index contributed by atoms with van der Waals surface area (Å²) in [4.78, 5) is 0. The van der Waals surface area contributed by atoms with Crippen LogP contribution in [0.2, 0.25) is 5.02 Å². The molecule has 0 aliphatic heterocycles. The van der Waals surface area contributed by atoms with Gasteiger partial charge >= 0.3 is 0 Å². The van der Waals surface area contributed by atoms with Gasteiger partial charge in [0, 0.05) is 15.5 Å². The smallest absolute Gasteiger partial charge is 0.0464 e. The lowest BCUT2D eigenvalue weighted by Gasteiger charge is -2.12. The molecule has 0 bridgehead atoms. The quantitative estimate of drug-likeness (QED) is 0.815. The van der Waals surface area contributed by atoms with Gasteiger partial charge in [0.2, 0.25) is 0 Å². The zero-order valence-electron chi connectivity index (χ0n) is 8.25. The van der Waals surface area contributed by atoms with Crippen LogP contribution in [0.25, 0.3) is 0 Å². The molecule has 0 fully saturated rings. The lowest BCUT2D eigenvalue weighted by molar-refractivity contribution is 0.661. The van der Waals surface area contributed by atoms with Crippen LogP contribution in [-0.4, -0.2) is 0 Å². The first kappa shape index (κ1) is 15.0. The molecule has 1 aromatic carbocycles. The largest absolute Gasteiger partial charge is 0.324 e. The average molecular weight is 311 g/mol. The van der Waals surface area contributed by atoms with Crippen molar-refractivity contribution in [2.45, 2.75) is 18.9 Å². The van der Waals surface area contributed by atoms with Crippen LogP contribution in [0.1, 0.15) is 24.4 Å². The van der Waals surface area contributed by atoms with Gasteiger partial charge in [0.25, 0.3) is 0 Å². The van der Waals surface area contributed by atoms with Crippen LogP contribution < -0.4 is 5.73 Å². The van der Waals surface area contributed by atoms with Crippen LogP contribution in [0.4, 0.5) is 0 Å². The van der Waals surface area contributed by atoms with Crippen LogP contribution in [0, 0.1) is 0 Å². The molecule has 0 saturated carbocycles. The Hall–Kier alpha value is -0.0200. The van der Waals surface area contributed by atoms with E-state index in [0.29, 0.717) is 0 Å². The highest BCUT2D eigenvalue weighted by molar-refractivity contribution is 9.10. The van der Waals surface area contributed by atoms with E-state index in [4.69, 9.17) is 17.3 Å². The van der Waals surface area contributed by atoms with Gasteiger partial charge in [0.05, 0.1) is 0 Å². The van der Waals surface area contributed by atoms with E-state index < -0.39 is 0 Å². The number of hydrogen-bond donors (Lipinski definition) is 1. The SMILES string of the molecule is C=CCC[C@H](N)c1ccc(Br)cc1Cl.Cl. The summed E-state index contributed by atoms with van der Waals surface area (Å²) >= 11 is 9.42. The minimum absolute atomic E-state index is 0. The molecule has 0 amide bonds. The molecule has 0 saturated heterocycles. The molecule has 0 aliphatic carbocycles. The van der Waals surface area contributed by atoms with Crippen LogP contribution >= 0.6 is 39.9 Å². The molecule has 1 aromatic rings. The molecule has 1 rings (SSSR count). The van der Waals surface area contributed by atoms with Crippen molar-refractivity contribution < 1.29 is 0 Å². The van der Waals surface area contributed by atoms with Crippen LogP contribution in [-0.2, 0) is 0 Å². The first-order valence-corrected chi connectivity index (χ1v) is 5.63. The maximum absolute atomic E-state index is 6.07. The number of allylic oxidation sites excluding steroid dienone is 1. The lowest BCUT2D eigenvalue weighted by Crippen LogP contribution is -2.10. The Morgan fingerprint density at radius 1 is 1.53 bits per heavy atom. The van der Waals surface area contributed by atoms with E-state index in [1.165, 1.54) is 0 Å². The standard InChI is InChI=1S/C11H13BrClN.ClH/c1-2-3-4-11(14)9-6-5-8(12)7-10(9)13;/h2,5-7,11H,1,3-4,14H2;1H/t11-;/m0./s1. The maximum Gasteiger partial charge on any atom is 0.0464 e. The zero-order chi connectivity index (χ0) is 10.6. The van der Waals surface area contributed by atoms with E-state index in [1.54, 1.807) is 0 Å². The Bertz CT molecular complexity index is 328. The summed E-state index contributed by atoms with van der Waals surface area (Å²) in [5.41, 5.74) is 6.98. The van der Waals surface area contributed by atoms with Gasteiger partial charge < -0.3 is 5.73 Å². The summed E-state index contributed by atoms with van der Waals surface area (Å²) in [7, 11) is 0. The minimum atomic E-state index is -0.00593. The van der Waals surface area contributed by atoms with E-state index in [9.17, 15) is 0 Å². The average Bonchev–Trinajstić information content (AvgIpc) is 2.14. The minimum Gasteiger partial charge on any atom is -0.324 e. The summed E-state index contributed by atoms with van der Waals surface area (Å²) < 4.78 is 0.974. The Labute approximate surface area is 110 Å². The van der Waals surface area contributed by atoms with Crippen molar-refractivity contribution in [2.75, 3.05) is 0 Å². The molecule has 84 valence electrons. The van der Waals surface area contributed by atoms with E-state index in [-0.39, 0.29) is 18.4 Å². The molecule has 0 aromatic heterocycles. The summed E-state index contributed by atoms with van der Waals surface area (Å²) in [6.07, 6.45) is 3.66. The summed E-state index contributed by atoms with van der Waals surface area (Å²) in [6, 6.07) is 5.77. The molecule has 15 heavy (non-hydrogen) atoms. The Balaban J connectivity index is 0.00000196. The van der Waals surface area contributed by atoms with Gasteiger partial charge in [-0.15, -0.1) is 19.0 Å². The molecule has 0 heterocycles. The van der Waals surface area contributed by atoms with Gasteiger partial charge in [0.15, 0.2) is 0 Å². The molecule has 0 spiro atoms. The molecule has 4 heteroatoms. The predicted octanol–water partition coefficient (Wildman–Crippen LogP) is 4.49. The van der Waals surface area contributed by atoms with Crippen molar-refractivity contribution in [1.29, 1.82) is 0 Å². The van der Waals surface area contributed by atoms with E-state index in [1.807, 2.05) is 24.3 Å². The summed E-state index contributed by atoms with van der Waals surface area (Å²) in [6.45, 7) is 3.67. The topological polar surface area (TPSA) is 26.0 Å². The fourth-order valence-electron chi connectivity index (χ4n) is 1.26. The van der Waals surface area contributed by atoms with Crippen molar-refractivity contribution in [3.63, 3.8) is 0 Å².